The van der Waals surface area contributed by atoms with E-state index in [1.54, 1.807) is 13.8 Å². The zero-order valence-corrected chi connectivity index (χ0v) is 15.8. The minimum Gasteiger partial charge on any atom is -0.514 e. The molecule has 2 radical (unpaired) electrons. The van der Waals surface area contributed by atoms with Crippen LogP contribution >= 0.6 is 0 Å². The molecule has 0 heterocycles. The minimum absolute atomic E-state index is 0.273. The normalized spacial score (nSPS) is 12.0. The van der Waals surface area contributed by atoms with Crippen molar-refractivity contribution in [2.45, 2.75) is 60.5 Å². The summed E-state index contributed by atoms with van der Waals surface area (Å²) in [6.07, 6.45) is 1.11. The van der Waals surface area contributed by atoms with Gasteiger partial charge in [-0.2, -0.15) is 0 Å². The van der Waals surface area contributed by atoms with Crippen molar-refractivity contribution < 1.29 is 33.2 Å². The van der Waals surface area contributed by atoms with Crippen LogP contribution in [0.25, 0.3) is 0 Å². The molecule has 0 bridgehead atoms. The second kappa shape index (κ2) is 15.7. The number of hydrogen-bond donors (Lipinski definition) is 2. The molecule has 0 spiro atoms. The quantitative estimate of drug-likeness (QED) is 0.533. The summed E-state index contributed by atoms with van der Waals surface area (Å²) in [4.78, 5) is 41.2. The van der Waals surface area contributed by atoms with Crippen molar-refractivity contribution in [1.29, 1.82) is 0 Å². The van der Waals surface area contributed by atoms with Gasteiger partial charge in [-0.05, 0) is 40.5 Å². The Morgan fingerprint density at radius 2 is 1.09 bits per heavy atom. The molecule has 0 aliphatic heterocycles. The molecule has 0 aliphatic rings. The molecule has 0 saturated heterocycles. The van der Waals surface area contributed by atoms with Crippen LogP contribution < -0.4 is 0 Å². The number of aliphatic carboxylic acids is 2. The zero-order valence-electron chi connectivity index (χ0n) is 14.7. The summed E-state index contributed by atoms with van der Waals surface area (Å²) in [5, 5.41) is 16.6. The van der Waals surface area contributed by atoms with Crippen molar-refractivity contribution in [2.24, 2.45) is 11.8 Å². The van der Waals surface area contributed by atoms with Gasteiger partial charge in [-0.25, -0.2) is 0 Å². The fourth-order valence-corrected chi connectivity index (χ4v) is 1.27. The largest absolute Gasteiger partial charge is 0.514 e. The van der Waals surface area contributed by atoms with Crippen LogP contribution in [0, 0.1) is 11.8 Å². The highest BCUT2D eigenvalue weighted by Crippen LogP contribution is 2.03. The lowest BCUT2D eigenvalue weighted by Gasteiger charge is -2.01. The molecule has 0 aromatic carbocycles. The van der Waals surface area contributed by atoms with Crippen LogP contribution in [-0.4, -0.2) is 56.4 Å². The highest BCUT2D eigenvalue weighted by molar-refractivity contribution is 5.98. The van der Waals surface area contributed by atoms with Crippen LogP contribution in [0.3, 0.4) is 0 Å². The van der Waals surface area contributed by atoms with Crippen LogP contribution in [0.5, 0.6) is 0 Å². The Balaban J connectivity index is -0.000000273. The molecular weight excluding hydrogens is 319 g/mol. The summed E-state index contributed by atoms with van der Waals surface area (Å²) in [7, 11) is 0. The van der Waals surface area contributed by atoms with Crippen LogP contribution in [-0.2, 0) is 23.0 Å². The molecule has 0 rings (SSSR count). The standard InChI is InChI=1S/2C6H10O3.C3H7O.Al/c2*1-3-5(4(2)7)6(8)9;1-3(2)4;/h2*5H,3H2,1-2H3,(H,8,9);3H,1-2H3;/q;;-1;+1. The maximum absolute atomic E-state index is 10.4. The van der Waals surface area contributed by atoms with Crippen LogP contribution in [0.2, 0.25) is 0 Å². The number of Topliss-reactive ketones (excluding diaryl/α,β-unsaturated/α-hetero) is 2. The summed E-state index contributed by atoms with van der Waals surface area (Å²) in [6, 6.07) is 0. The van der Waals surface area contributed by atoms with Gasteiger partial charge in [0.05, 0.1) is 0 Å². The molecular formula is C15H27AlO7. The van der Waals surface area contributed by atoms with Gasteiger partial charge in [0.25, 0.3) is 0 Å². The summed E-state index contributed by atoms with van der Waals surface area (Å²) in [5.41, 5.74) is 0. The lowest BCUT2D eigenvalue weighted by atomic mass is 10.0. The average molecular weight is 346 g/mol. The number of carbonyl (C=O) groups is 4. The molecule has 8 heteroatoms. The Hall–Kier alpha value is -1.23. The molecule has 2 atom stereocenters. The molecule has 2 N–H and O–H groups in total. The monoisotopic (exact) mass is 346 g/mol. The molecule has 132 valence electrons. The van der Waals surface area contributed by atoms with Crippen LogP contribution in [0.15, 0.2) is 0 Å². The number of hydrogen-bond acceptors (Lipinski definition) is 5. The first-order valence-electron chi connectivity index (χ1n) is 7.28. The Morgan fingerprint density at radius 1 is 0.870 bits per heavy atom. The SMILES string of the molecule is CC(C)[O][Al].CCC(C(C)=O)C(=O)O.CCC(C(C)=O)C(=O)O. The molecule has 0 amide bonds. The maximum atomic E-state index is 10.4. The number of carboxylic acid groups (broad SMARTS) is 2. The number of carbonyl (C=O) groups excluding carboxylic acids is 2. The number of carboxylic acids is 2. The van der Waals surface area contributed by atoms with E-state index in [9.17, 15) is 19.2 Å². The van der Waals surface area contributed by atoms with E-state index in [1.165, 1.54) is 13.8 Å². The molecule has 7 nitrogen and oxygen atoms in total. The van der Waals surface area contributed by atoms with Gasteiger partial charge in [0.2, 0.25) is 0 Å². The summed E-state index contributed by atoms with van der Waals surface area (Å²) in [5.74, 6) is -4.19. The predicted molar refractivity (Wildman–Crippen MR) is 86.2 cm³/mol. The fraction of sp³-hybridized carbons (Fsp3) is 0.733. The van der Waals surface area contributed by atoms with Crippen LogP contribution in [0.4, 0.5) is 0 Å². The Labute approximate surface area is 146 Å². The van der Waals surface area contributed by atoms with Crippen LogP contribution in [0.1, 0.15) is 54.4 Å². The van der Waals surface area contributed by atoms with E-state index in [1.807, 2.05) is 13.8 Å². The van der Waals surface area contributed by atoms with E-state index in [0.717, 1.165) is 0 Å². The molecule has 0 aromatic rings. The van der Waals surface area contributed by atoms with Gasteiger partial charge in [0, 0.05) is 6.10 Å². The van der Waals surface area contributed by atoms with Gasteiger partial charge in [-0.1, -0.05) is 13.8 Å². The summed E-state index contributed by atoms with van der Waals surface area (Å²) in [6.45, 7) is 9.91. The Kier molecular flexibility index (Phi) is 18.2. The van der Waals surface area contributed by atoms with E-state index >= 15 is 0 Å². The fourth-order valence-electron chi connectivity index (χ4n) is 1.27. The van der Waals surface area contributed by atoms with Gasteiger partial charge < -0.3 is 14.0 Å². The van der Waals surface area contributed by atoms with E-state index in [2.05, 4.69) is 20.4 Å². The van der Waals surface area contributed by atoms with E-state index in [-0.39, 0.29) is 11.6 Å². The third-order valence-electron chi connectivity index (χ3n) is 2.67. The molecule has 0 aliphatic carbocycles. The van der Waals surface area contributed by atoms with Gasteiger partial charge in [-0.15, -0.1) is 0 Å². The van der Waals surface area contributed by atoms with E-state index < -0.39 is 23.8 Å². The van der Waals surface area contributed by atoms with Crippen molar-refractivity contribution in [3.8, 4) is 0 Å². The number of rotatable bonds is 7. The first-order chi connectivity index (χ1) is 10.5. The van der Waals surface area contributed by atoms with Gasteiger partial charge in [0.15, 0.2) is 0 Å². The van der Waals surface area contributed by atoms with E-state index in [4.69, 9.17) is 10.2 Å². The molecule has 23 heavy (non-hydrogen) atoms. The topological polar surface area (TPSA) is 118 Å². The van der Waals surface area contributed by atoms with Crippen molar-refractivity contribution in [3.63, 3.8) is 0 Å². The zero-order chi connectivity index (χ0) is 19.2. The van der Waals surface area contributed by atoms with Gasteiger partial charge >= 0.3 is 28.6 Å². The van der Waals surface area contributed by atoms with Crippen molar-refractivity contribution >= 4 is 40.1 Å². The lowest BCUT2D eigenvalue weighted by molar-refractivity contribution is -0.147. The number of ketones is 2. The second-order valence-corrected chi connectivity index (χ2v) is 5.28. The second-order valence-electron chi connectivity index (χ2n) is 5.00. The van der Waals surface area contributed by atoms with E-state index in [0.29, 0.717) is 18.9 Å². The third-order valence-corrected chi connectivity index (χ3v) is 3.21. The molecule has 0 saturated carbocycles. The summed E-state index contributed by atoms with van der Waals surface area (Å²) < 4.78 is 4.67. The Bertz CT molecular complexity index is 320. The van der Waals surface area contributed by atoms with Crippen molar-refractivity contribution in [1.82, 2.24) is 0 Å². The summed E-state index contributed by atoms with van der Waals surface area (Å²) >= 11 is 2.19. The molecule has 0 aromatic heterocycles. The highest BCUT2D eigenvalue weighted by Gasteiger charge is 2.19. The first-order valence-corrected chi connectivity index (χ1v) is 7.75. The molecule has 2 unspecified atom stereocenters. The first kappa shape index (κ1) is 26.7. The molecule has 0 fully saturated rings. The maximum Gasteiger partial charge on any atom is 0.369 e. The smallest absolute Gasteiger partial charge is 0.369 e. The third kappa shape index (κ3) is 17.0. The lowest BCUT2D eigenvalue weighted by Crippen LogP contribution is -2.19. The highest BCUT2D eigenvalue weighted by atomic mass is 27.1. The van der Waals surface area contributed by atoms with Crippen molar-refractivity contribution in [2.75, 3.05) is 0 Å². The van der Waals surface area contributed by atoms with Gasteiger partial charge in [-0.3, -0.25) is 19.2 Å². The predicted octanol–water partition coefficient (Wildman–Crippen LogP) is 1.87. The minimum atomic E-state index is -1.02. The van der Waals surface area contributed by atoms with Crippen molar-refractivity contribution in [3.05, 3.63) is 0 Å². The van der Waals surface area contributed by atoms with Gasteiger partial charge in [0.1, 0.15) is 23.4 Å². The Morgan fingerprint density at radius 3 is 1.09 bits per heavy atom. The average Bonchev–Trinajstić information content (AvgIpc) is 2.39.